The molecule has 4 rings (SSSR count). The molecule has 1 amide bonds. The molecule has 0 saturated carbocycles. The van der Waals surface area contributed by atoms with Gasteiger partial charge in [0.25, 0.3) is 5.91 Å². The van der Waals surface area contributed by atoms with Crippen LogP contribution in [-0.4, -0.2) is 26.9 Å². The summed E-state index contributed by atoms with van der Waals surface area (Å²) in [7, 11) is 0. The molecule has 27 heavy (non-hydrogen) atoms. The van der Waals surface area contributed by atoms with Gasteiger partial charge in [-0.15, -0.1) is 5.10 Å². The zero-order valence-corrected chi connectivity index (χ0v) is 16.0. The number of carbonyl (C=O) groups excluding carboxylic acids is 1. The number of allylic oxidation sites excluding steroid dienone is 1. The highest BCUT2D eigenvalue weighted by Gasteiger charge is 2.36. The van der Waals surface area contributed by atoms with E-state index >= 15 is 0 Å². The molecule has 0 saturated heterocycles. The fourth-order valence-electron chi connectivity index (χ4n) is 3.10. The number of rotatable bonds is 4. The minimum atomic E-state index is -0.493. The zero-order valence-electron chi connectivity index (χ0n) is 15.2. The third-order valence-electron chi connectivity index (χ3n) is 4.32. The Morgan fingerprint density at radius 1 is 1.22 bits per heavy atom. The van der Waals surface area contributed by atoms with Gasteiger partial charge in [-0.1, -0.05) is 30.0 Å². The number of nitrogens with zero attached hydrogens (tertiary/aromatic N) is 3. The van der Waals surface area contributed by atoms with E-state index in [0.29, 0.717) is 22.4 Å². The van der Waals surface area contributed by atoms with Gasteiger partial charge >= 0.3 is 0 Å². The summed E-state index contributed by atoms with van der Waals surface area (Å²) >= 11 is 1.45. The molecule has 0 unspecified atom stereocenters. The van der Waals surface area contributed by atoms with Crippen molar-refractivity contribution < 1.29 is 9.21 Å². The first kappa shape index (κ1) is 17.4. The number of thioether (sulfide) groups is 1. The van der Waals surface area contributed by atoms with E-state index in [4.69, 9.17) is 4.42 Å². The lowest BCUT2D eigenvalue weighted by Crippen LogP contribution is -2.31. The molecule has 3 aromatic rings. The lowest BCUT2D eigenvalue weighted by atomic mass is 10.00. The molecule has 0 radical (unpaired) electrons. The standard InChI is InChI=1S/C19H19N5O2S/c1-11-9-10-14(26-11)16-15(17(25)21-13-7-5-4-6-8-13)12(2)20-18-22-19(27-3)23-24(16)18/h4-10,16H,1-3H3,(H,21,25)(H,20,22,23)/t16-/m0/s1. The van der Waals surface area contributed by atoms with Crippen molar-refractivity contribution in [3.05, 3.63) is 65.3 Å². The molecule has 3 heterocycles. The molecule has 1 atom stereocenters. The van der Waals surface area contributed by atoms with Gasteiger partial charge in [0.15, 0.2) is 0 Å². The molecule has 8 heteroatoms. The van der Waals surface area contributed by atoms with E-state index in [9.17, 15) is 4.79 Å². The second kappa shape index (κ2) is 6.96. The van der Waals surface area contributed by atoms with Gasteiger partial charge in [-0.2, -0.15) is 4.98 Å². The number of hydrogen-bond acceptors (Lipinski definition) is 6. The molecule has 1 aliphatic rings. The number of hydrogen-bond donors (Lipinski definition) is 2. The smallest absolute Gasteiger partial charge is 0.256 e. The Hall–Kier alpha value is -3.00. The number of fused-ring (bicyclic) bond motifs is 1. The lowest BCUT2D eigenvalue weighted by Gasteiger charge is -2.27. The molecule has 2 aromatic heterocycles. The SMILES string of the molecule is CSc1nc2n(n1)[C@@H](c1ccc(C)o1)C(C(=O)Nc1ccccc1)=C(C)N2. The van der Waals surface area contributed by atoms with Gasteiger partial charge in [-0.25, -0.2) is 4.68 Å². The van der Waals surface area contributed by atoms with Crippen LogP contribution in [0.5, 0.6) is 0 Å². The van der Waals surface area contributed by atoms with Gasteiger partial charge in [-0.3, -0.25) is 4.79 Å². The highest BCUT2D eigenvalue weighted by atomic mass is 32.2. The van der Waals surface area contributed by atoms with Gasteiger partial charge in [0.05, 0.1) is 5.57 Å². The summed E-state index contributed by atoms with van der Waals surface area (Å²) < 4.78 is 7.57. The van der Waals surface area contributed by atoms with E-state index in [1.54, 1.807) is 4.68 Å². The van der Waals surface area contributed by atoms with Crippen LogP contribution in [0, 0.1) is 6.92 Å². The Labute approximate surface area is 160 Å². The average Bonchev–Trinajstić information content (AvgIpc) is 3.27. The van der Waals surface area contributed by atoms with Crippen LogP contribution in [0.4, 0.5) is 11.6 Å². The van der Waals surface area contributed by atoms with Crippen molar-refractivity contribution in [2.24, 2.45) is 0 Å². The maximum atomic E-state index is 13.1. The van der Waals surface area contributed by atoms with Crippen molar-refractivity contribution in [1.29, 1.82) is 0 Å². The van der Waals surface area contributed by atoms with E-state index in [-0.39, 0.29) is 5.91 Å². The van der Waals surface area contributed by atoms with E-state index in [1.807, 2.05) is 62.6 Å². The number of aromatic nitrogens is 3. The Kier molecular flexibility index (Phi) is 4.49. The molecular weight excluding hydrogens is 362 g/mol. The van der Waals surface area contributed by atoms with Gasteiger partial charge in [0.2, 0.25) is 11.1 Å². The maximum Gasteiger partial charge on any atom is 0.256 e. The Morgan fingerprint density at radius 3 is 2.67 bits per heavy atom. The molecular formula is C19H19N5O2S. The predicted molar refractivity (Wildman–Crippen MR) is 105 cm³/mol. The van der Waals surface area contributed by atoms with E-state index < -0.39 is 6.04 Å². The molecule has 0 bridgehead atoms. The summed E-state index contributed by atoms with van der Waals surface area (Å²) in [5, 5.41) is 11.3. The monoisotopic (exact) mass is 381 g/mol. The van der Waals surface area contributed by atoms with Crippen LogP contribution in [0.2, 0.25) is 0 Å². The average molecular weight is 381 g/mol. The first-order valence-electron chi connectivity index (χ1n) is 8.48. The van der Waals surface area contributed by atoms with E-state index in [1.165, 1.54) is 11.8 Å². The molecule has 7 nitrogen and oxygen atoms in total. The van der Waals surface area contributed by atoms with Crippen molar-refractivity contribution in [2.75, 3.05) is 16.9 Å². The van der Waals surface area contributed by atoms with Gasteiger partial charge in [-0.05, 0) is 44.4 Å². The summed E-state index contributed by atoms with van der Waals surface area (Å²) in [6, 6.07) is 12.6. The number of nitrogens with one attached hydrogen (secondary N) is 2. The van der Waals surface area contributed by atoms with Gasteiger partial charge in [0, 0.05) is 11.4 Å². The summed E-state index contributed by atoms with van der Waals surface area (Å²) in [5.41, 5.74) is 1.99. The quantitative estimate of drug-likeness (QED) is 0.668. The molecule has 0 fully saturated rings. The highest BCUT2D eigenvalue weighted by molar-refractivity contribution is 7.98. The molecule has 0 aliphatic carbocycles. The van der Waals surface area contributed by atoms with Crippen molar-refractivity contribution >= 4 is 29.3 Å². The van der Waals surface area contributed by atoms with Crippen molar-refractivity contribution in [3.8, 4) is 0 Å². The van der Waals surface area contributed by atoms with Crippen LogP contribution < -0.4 is 10.6 Å². The van der Waals surface area contributed by atoms with E-state index in [0.717, 1.165) is 17.1 Å². The van der Waals surface area contributed by atoms with Gasteiger partial charge < -0.3 is 15.1 Å². The first-order valence-corrected chi connectivity index (χ1v) is 9.70. The minimum absolute atomic E-state index is 0.211. The van der Waals surface area contributed by atoms with Crippen LogP contribution >= 0.6 is 11.8 Å². The van der Waals surface area contributed by atoms with Crippen molar-refractivity contribution in [1.82, 2.24) is 14.8 Å². The van der Waals surface area contributed by atoms with Crippen LogP contribution in [0.1, 0.15) is 24.5 Å². The van der Waals surface area contributed by atoms with Crippen LogP contribution in [0.15, 0.2) is 63.3 Å². The summed E-state index contributed by atoms with van der Waals surface area (Å²) in [6.45, 7) is 3.74. The molecule has 138 valence electrons. The van der Waals surface area contributed by atoms with Crippen molar-refractivity contribution in [2.45, 2.75) is 25.0 Å². The number of para-hydroxylation sites is 1. The van der Waals surface area contributed by atoms with Crippen LogP contribution in [0.25, 0.3) is 0 Å². The lowest BCUT2D eigenvalue weighted by molar-refractivity contribution is -0.113. The number of amides is 1. The largest absolute Gasteiger partial charge is 0.464 e. The fourth-order valence-corrected chi connectivity index (χ4v) is 3.44. The summed E-state index contributed by atoms with van der Waals surface area (Å²) in [6.07, 6.45) is 1.91. The maximum absolute atomic E-state index is 13.1. The second-order valence-corrected chi connectivity index (χ2v) is 6.97. The van der Waals surface area contributed by atoms with E-state index in [2.05, 4.69) is 20.7 Å². The number of aryl methyl sites for hydroxylation is 1. The number of benzene rings is 1. The Balaban J connectivity index is 1.78. The minimum Gasteiger partial charge on any atom is -0.464 e. The topological polar surface area (TPSA) is 85.0 Å². The number of furan rings is 1. The molecule has 2 N–H and O–H groups in total. The molecule has 1 aliphatic heterocycles. The van der Waals surface area contributed by atoms with Crippen molar-refractivity contribution in [3.63, 3.8) is 0 Å². The Morgan fingerprint density at radius 2 is 2.00 bits per heavy atom. The predicted octanol–water partition coefficient (Wildman–Crippen LogP) is 3.83. The zero-order chi connectivity index (χ0) is 19.0. The number of carbonyl (C=O) groups is 1. The number of anilines is 2. The van der Waals surface area contributed by atoms with Crippen LogP contribution in [-0.2, 0) is 4.79 Å². The second-order valence-electron chi connectivity index (χ2n) is 6.20. The third-order valence-corrected chi connectivity index (χ3v) is 4.86. The molecule has 0 spiro atoms. The highest BCUT2D eigenvalue weighted by Crippen LogP contribution is 2.37. The summed E-state index contributed by atoms with van der Waals surface area (Å²) in [5.74, 6) is 1.80. The fraction of sp³-hybridized carbons (Fsp3) is 0.211. The molecule has 1 aromatic carbocycles. The third kappa shape index (κ3) is 3.23. The van der Waals surface area contributed by atoms with Gasteiger partial charge in [0.1, 0.15) is 17.6 Å². The summed E-state index contributed by atoms with van der Waals surface area (Å²) in [4.78, 5) is 17.6. The normalized spacial score (nSPS) is 16.0. The Bertz CT molecular complexity index is 1020. The first-order chi connectivity index (χ1) is 13.1. The van der Waals surface area contributed by atoms with Crippen LogP contribution in [0.3, 0.4) is 0 Å².